The highest BCUT2D eigenvalue weighted by molar-refractivity contribution is 6.34. The van der Waals surface area contributed by atoms with Crippen LogP contribution in [0, 0.1) is 13.8 Å². The van der Waals surface area contributed by atoms with Crippen molar-refractivity contribution >= 4 is 35.4 Å². The third-order valence-electron chi connectivity index (χ3n) is 3.35. The number of nitrogens with one attached hydrogen (secondary N) is 2. The zero-order chi connectivity index (χ0) is 18.0. The number of halogens is 2. The van der Waals surface area contributed by atoms with Crippen LogP contribution in [0.1, 0.15) is 17.0 Å². The summed E-state index contributed by atoms with van der Waals surface area (Å²) in [6.07, 6.45) is 1.48. The van der Waals surface area contributed by atoms with Gasteiger partial charge in [-0.3, -0.25) is 9.78 Å². The molecule has 0 spiro atoms. The first-order chi connectivity index (χ1) is 12.0. The number of para-hydroxylation sites is 1. The van der Waals surface area contributed by atoms with Gasteiger partial charge >= 0.3 is 0 Å². The molecule has 0 aliphatic rings. The van der Waals surface area contributed by atoms with Crippen molar-refractivity contribution in [2.24, 2.45) is 5.10 Å². The van der Waals surface area contributed by atoms with Gasteiger partial charge in [-0.1, -0.05) is 35.3 Å². The molecule has 0 atom stereocenters. The second kappa shape index (κ2) is 7.04. The van der Waals surface area contributed by atoms with Gasteiger partial charge in [-0.05, 0) is 26.0 Å². The number of nitrogens with zero attached hydrogens (tertiary/aromatic N) is 5. The summed E-state index contributed by atoms with van der Waals surface area (Å²) in [5.41, 5.74) is 4.47. The van der Waals surface area contributed by atoms with Gasteiger partial charge in [-0.25, -0.2) is 10.1 Å². The lowest BCUT2D eigenvalue weighted by Gasteiger charge is -2.04. The fourth-order valence-corrected chi connectivity index (χ4v) is 2.57. The van der Waals surface area contributed by atoms with Gasteiger partial charge in [0, 0.05) is 0 Å². The first-order valence-electron chi connectivity index (χ1n) is 7.20. The minimum Gasteiger partial charge on any atom is -0.288 e. The zero-order valence-corrected chi connectivity index (χ0v) is 14.8. The van der Waals surface area contributed by atoms with Crippen molar-refractivity contribution in [3.63, 3.8) is 0 Å². The Hall–Kier alpha value is -2.71. The topological polar surface area (TPSA) is 101 Å². The Labute approximate surface area is 152 Å². The molecule has 8 nitrogen and oxygen atoms in total. The van der Waals surface area contributed by atoms with Crippen molar-refractivity contribution in [3.05, 3.63) is 61.7 Å². The number of hydrogen-bond acceptors (Lipinski definition) is 6. The largest absolute Gasteiger partial charge is 0.288 e. The normalized spacial score (nSPS) is 11.2. The molecule has 0 saturated carbocycles. The first kappa shape index (κ1) is 17.1. The van der Waals surface area contributed by atoms with E-state index in [0.29, 0.717) is 27.1 Å². The van der Waals surface area contributed by atoms with E-state index in [2.05, 4.69) is 30.8 Å². The highest BCUT2D eigenvalue weighted by atomic mass is 35.5. The van der Waals surface area contributed by atoms with Crippen molar-refractivity contribution in [2.75, 3.05) is 5.43 Å². The molecule has 128 valence electrons. The maximum atomic E-state index is 11.5. The molecular weight excluding hydrogens is 365 g/mol. The molecule has 0 radical (unpaired) electrons. The van der Waals surface area contributed by atoms with Crippen LogP contribution in [0.5, 0.6) is 0 Å². The molecule has 10 heteroatoms. The van der Waals surface area contributed by atoms with Gasteiger partial charge in [0.05, 0.1) is 28.2 Å². The quantitative estimate of drug-likeness (QED) is 0.537. The minimum absolute atomic E-state index is 0.124. The van der Waals surface area contributed by atoms with Crippen LogP contribution in [0.3, 0.4) is 0 Å². The number of aromatic amines is 1. The predicted molar refractivity (Wildman–Crippen MR) is 96.9 cm³/mol. The third kappa shape index (κ3) is 3.54. The van der Waals surface area contributed by atoms with Gasteiger partial charge in [0.2, 0.25) is 5.95 Å². The number of benzene rings is 1. The van der Waals surface area contributed by atoms with Gasteiger partial charge in [0.25, 0.3) is 5.56 Å². The van der Waals surface area contributed by atoms with Crippen molar-refractivity contribution in [1.29, 1.82) is 0 Å². The molecular formula is C15H13Cl2N7O. The predicted octanol–water partition coefficient (Wildman–Crippen LogP) is 2.72. The number of anilines is 1. The number of H-pyrrole nitrogens is 1. The first-order valence-corrected chi connectivity index (χ1v) is 7.95. The average molecular weight is 378 g/mol. The van der Waals surface area contributed by atoms with Crippen LogP contribution in [-0.4, -0.2) is 31.2 Å². The lowest BCUT2D eigenvalue weighted by atomic mass is 10.3. The van der Waals surface area contributed by atoms with E-state index in [1.54, 1.807) is 19.9 Å². The molecule has 2 aromatic heterocycles. The SMILES string of the molecule is Cc1nn(-c2ccccc2Cl)c(Cl)c1/C=N/Nc1nnc(C)c(=O)[nH]1. The highest BCUT2D eigenvalue weighted by Gasteiger charge is 2.14. The second-order valence-electron chi connectivity index (χ2n) is 5.11. The van der Waals surface area contributed by atoms with E-state index in [1.165, 1.54) is 10.9 Å². The molecule has 0 aliphatic carbocycles. The number of hydrazone groups is 1. The number of hydrogen-bond donors (Lipinski definition) is 2. The molecule has 3 aromatic rings. The summed E-state index contributed by atoms with van der Waals surface area (Å²) in [5, 5.41) is 16.8. The van der Waals surface area contributed by atoms with Gasteiger partial charge in [-0.2, -0.15) is 10.2 Å². The van der Waals surface area contributed by atoms with Crippen molar-refractivity contribution < 1.29 is 0 Å². The molecule has 0 bridgehead atoms. The van der Waals surface area contributed by atoms with E-state index in [9.17, 15) is 4.79 Å². The summed E-state index contributed by atoms with van der Waals surface area (Å²) in [5.74, 6) is 0.124. The van der Waals surface area contributed by atoms with Crippen molar-refractivity contribution in [1.82, 2.24) is 25.0 Å². The van der Waals surface area contributed by atoms with Crippen LogP contribution in [0.2, 0.25) is 10.2 Å². The highest BCUT2D eigenvalue weighted by Crippen LogP contribution is 2.26. The summed E-state index contributed by atoms with van der Waals surface area (Å²) < 4.78 is 1.54. The maximum absolute atomic E-state index is 11.5. The Morgan fingerprint density at radius 1 is 1.20 bits per heavy atom. The van der Waals surface area contributed by atoms with E-state index in [0.717, 1.165) is 0 Å². The van der Waals surface area contributed by atoms with Crippen LogP contribution in [0.25, 0.3) is 5.69 Å². The molecule has 2 N–H and O–H groups in total. The zero-order valence-electron chi connectivity index (χ0n) is 13.3. The Bertz CT molecular complexity index is 1010. The number of rotatable bonds is 4. The fraction of sp³-hybridized carbons (Fsp3) is 0.133. The van der Waals surface area contributed by atoms with E-state index >= 15 is 0 Å². The lowest BCUT2D eigenvalue weighted by Crippen LogP contribution is -2.15. The van der Waals surface area contributed by atoms with Crippen LogP contribution in [-0.2, 0) is 0 Å². The van der Waals surface area contributed by atoms with Gasteiger partial charge in [0.1, 0.15) is 10.8 Å². The smallest absolute Gasteiger partial charge is 0.274 e. The number of aromatic nitrogens is 5. The van der Waals surface area contributed by atoms with E-state index in [-0.39, 0.29) is 17.2 Å². The second-order valence-corrected chi connectivity index (χ2v) is 5.88. The standard InChI is InChI=1S/C15H13Cl2N7O/c1-8-10(7-18-21-15-19-14(25)9(2)20-22-15)13(17)24(23-8)12-6-4-3-5-11(12)16/h3-7H,1-2H3,(H2,19,21,22,25)/b18-7+. The van der Waals surface area contributed by atoms with Gasteiger partial charge in [-0.15, -0.1) is 10.2 Å². The van der Waals surface area contributed by atoms with Crippen LogP contribution < -0.4 is 11.0 Å². The molecule has 0 fully saturated rings. The minimum atomic E-state index is -0.339. The average Bonchev–Trinajstić information content (AvgIpc) is 2.86. The van der Waals surface area contributed by atoms with Crippen LogP contribution in [0.15, 0.2) is 34.2 Å². The van der Waals surface area contributed by atoms with Crippen LogP contribution in [0.4, 0.5) is 5.95 Å². The lowest BCUT2D eigenvalue weighted by molar-refractivity contribution is 0.863. The van der Waals surface area contributed by atoms with Crippen molar-refractivity contribution in [3.8, 4) is 5.69 Å². The molecule has 25 heavy (non-hydrogen) atoms. The van der Waals surface area contributed by atoms with E-state index in [4.69, 9.17) is 23.2 Å². The van der Waals surface area contributed by atoms with E-state index < -0.39 is 0 Å². The molecule has 0 unspecified atom stereocenters. The Morgan fingerprint density at radius 2 is 1.96 bits per heavy atom. The molecule has 3 rings (SSSR count). The number of aryl methyl sites for hydroxylation is 2. The third-order valence-corrected chi connectivity index (χ3v) is 4.04. The summed E-state index contributed by atoms with van der Waals surface area (Å²) in [6, 6.07) is 7.24. The molecule has 0 aliphatic heterocycles. The Morgan fingerprint density at radius 3 is 2.68 bits per heavy atom. The molecule has 0 amide bonds. The summed E-state index contributed by atoms with van der Waals surface area (Å²) in [7, 11) is 0. The Balaban J connectivity index is 1.87. The van der Waals surface area contributed by atoms with Crippen LogP contribution >= 0.6 is 23.2 Å². The molecule has 1 aromatic carbocycles. The van der Waals surface area contributed by atoms with Gasteiger partial charge in [0.15, 0.2) is 0 Å². The van der Waals surface area contributed by atoms with Crippen molar-refractivity contribution in [2.45, 2.75) is 13.8 Å². The monoisotopic (exact) mass is 377 g/mol. The van der Waals surface area contributed by atoms with E-state index in [1.807, 2.05) is 18.2 Å². The summed E-state index contributed by atoms with van der Waals surface area (Å²) >= 11 is 12.6. The maximum Gasteiger partial charge on any atom is 0.274 e. The molecule has 2 heterocycles. The Kier molecular flexibility index (Phi) is 4.82. The summed E-state index contributed by atoms with van der Waals surface area (Å²) in [4.78, 5) is 14.0. The fourth-order valence-electron chi connectivity index (χ4n) is 2.04. The summed E-state index contributed by atoms with van der Waals surface area (Å²) in [6.45, 7) is 3.36. The van der Waals surface area contributed by atoms with Gasteiger partial charge < -0.3 is 0 Å². The molecule has 0 saturated heterocycles.